The first-order valence-electron chi connectivity index (χ1n) is 6.59. The van der Waals surface area contributed by atoms with Crippen molar-refractivity contribution in [2.75, 3.05) is 39.9 Å². The summed E-state index contributed by atoms with van der Waals surface area (Å²) in [6, 6.07) is 1.90. The molecule has 0 aromatic carbocycles. The maximum Gasteiger partial charge on any atom is 0.282 e. The van der Waals surface area contributed by atoms with Gasteiger partial charge in [-0.15, -0.1) is 11.3 Å². The third-order valence-corrected chi connectivity index (χ3v) is 5.89. The minimum absolute atomic E-state index is 0.318. The number of hydrogen-bond acceptors (Lipinski definition) is 5. The number of hydrogen-bond donors (Lipinski definition) is 1. The average molecular weight is 329 g/mol. The third kappa shape index (κ3) is 4.26. The minimum Gasteiger partial charge on any atom is -0.379 e. The Morgan fingerprint density at radius 1 is 1.48 bits per heavy atom. The van der Waals surface area contributed by atoms with Gasteiger partial charge in [-0.05, 0) is 17.0 Å². The number of nitrogens with two attached hydrogens (primary N) is 1. The summed E-state index contributed by atoms with van der Waals surface area (Å²) in [5.74, 6) is 5.74. The highest BCUT2D eigenvalue weighted by molar-refractivity contribution is 7.86. The zero-order valence-corrected chi connectivity index (χ0v) is 13.5. The van der Waals surface area contributed by atoms with Crippen molar-refractivity contribution in [1.29, 1.82) is 0 Å². The molecule has 0 radical (unpaired) electrons. The maximum atomic E-state index is 12.4. The van der Waals surface area contributed by atoms with Crippen LogP contribution in [0.25, 0.3) is 0 Å². The van der Waals surface area contributed by atoms with Crippen LogP contribution in [-0.4, -0.2) is 56.9 Å². The van der Waals surface area contributed by atoms with Gasteiger partial charge in [0.25, 0.3) is 10.2 Å². The molecule has 0 atom stereocenters. The van der Waals surface area contributed by atoms with Crippen LogP contribution in [0.15, 0.2) is 11.4 Å². The van der Waals surface area contributed by atoms with Crippen LogP contribution in [0.4, 0.5) is 0 Å². The third-order valence-electron chi connectivity index (χ3n) is 3.06. The molecule has 21 heavy (non-hydrogen) atoms. The van der Waals surface area contributed by atoms with Crippen molar-refractivity contribution < 1.29 is 13.2 Å². The van der Waals surface area contributed by atoms with Crippen LogP contribution >= 0.6 is 11.3 Å². The van der Waals surface area contributed by atoms with Gasteiger partial charge in [0.1, 0.15) is 0 Å². The quantitative estimate of drug-likeness (QED) is 0.793. The smallest absolute Gasteiger partial charge is 0.282 e. The second-order valence-electron chi connectivity index (χ2n) is 4.60. The molecule has 116 valence electrons. The van der Waals surface area contributed by atoms with Gasteiger partial charge in [0.05, 0.1) is 24.6 Å². The standard InChI is InChI=1S/C13H19N3O3S2/c1-15(21(17,18)16-5-7-19-8-6-16)10-12-9-13(20-11-12)3-2-4-14/h9,11H,4-8,10,14H2,1H3. The van der Waals surface area contributed by atoms with Gasteiger partial charge in [0.15, 0.2) is 0 Å². The van der Waals surface area contributed by atoms with E-state index in [9.17, 15) is 8.42 Å². The van der Waals surface area contributed by atoms with E-state index in [0.717, 1.165) is 10.4 Å². The van der Waals surface area contributed by atoms with Crippen molar-refractivity contribution in [2.24, 2.45) is 5.73 Å². The van der Waals surface area contributed by atoms with Crippen molar-refractivity contribution in [3.05, 3.63) is 21.9 Å². The highest BCUT2D eigenvalue weighted by Crippen LogP contribution is 2.18. The molecule has 1 saturated heterocycles. The van der Waals surface area contributed by atoms with E-state index in [1.807, 2.05) is 11.4 Å². The van der Waals surface area contributed by atoms with E-state index in [1.54, 1.807) is 7.05 Å². The molecule has 2 N–H and O–H groups in total. The van der Waals surface area contributed by atoms with Crippen molar-refractivity contribution in [1.82, 2.24) is 8.61 Å². The Kier molecular flexibility index (Phi) is 5.75. The maximum absolute atomic E-state index is 12.4. The van der Waals surface area contributed by atoms with E-state index in [2.05, 4.69) is 11.8 Å². The van der Waals surface area contributed by atoms with E-state index >= 15 is 0 Å². The van der Waals surface area contributed by atoms with Gasteiger partial charge in [-0.3, -0.25) is 0 Å². The van der Waals surface area contributed by atoms with E-state index < -0.39 is 10.2 Å². The largest absolute Gasteiger partial charge is 0.379 e. The highest BCUT2D eigenvalue weighted by Gasteiger charge is 2.28. The minimum atomic E-state index is -3.43. The highest BCUT2D eigenvalue weighted by atomic mass is 32.2. The first kappa shape index (κ1) is 16.4. The second-order valence-corrected chi connectivity index (χ2v) is 7.55. The number of morpholine rings is 1. The molecular weight excluding hydrogens is 310 g/mol. The van der Waals surface area contributed by atoms with Crippen LogP contribution in [0.2, 0.25) is 0 Å². The van der Waals surface area contributed by atoms with Crippen LogP contribution in [0.3, 0.4) is 0 Å². The fraction of sp³-hybridized carbons (Fsp3) is 0.538. The van der Waals surface area contributed by atoms with Crippen molar-refractivity contribution in [2.45, 2.75) is 6.54 Å². The Balaban J connectivity index is 2.02. The van der Waals surface area contributed by atoms with Gasteiger partial charge >= 0.3 is 0 Å². The topological polar surface area (TPSA) is 75.9 Å². The fourth-order valence-corrected chi connectivity index (χ4v) is 4.06. The first-order chi connectivity index (χ1) is 10.0. The predicted octanol–water partition coefficient (Wildman–Crippen LogP) is 0.0671. The molecule has 8 heteroatoms. The lowest BCUT2D eigenvalue weighted by Crippen LogP contribution is -2.46. The molecule has 2 heterocycles. The molecule has 0 unspecified atom stereocenters. The number of ether oxygens (including phenoxy) is 1. The van der Waals surface area contributed by atoms with Gasteiger partial charge in [0, 0.05) is 26.7 Å². The lowest BCUT2D eigenvalue weighted by atomic mass is 10.3. The van der Waals surface area contributed by atoms with Crippen LogP contribution in [0.1, 0.15) is 10.4 Å². The Labute approximate surface area is 129 Å². The summed E-state index contributed by atoms with van der Waals surface area (Å²) >= 11 is 1.49. The van der Waals surface area contributed by atoms with Gasteiger partial charge in [0.2, 0.25) is 0 Å². The van der Waals surface area contributed by atoms with E-state index in [0.29, 0.717) is 39.4 Å². The Bertz CT molecular complexity index is 625. The molecule has 1 aromatic heterocycles. The average Bonchev–Trinajstić information content (AvgIpc) is 2.93. The number of rotatable bonds is 4. The van der Waals surface area contributed by atoms with Crippen molar-refractivity contribution >= 4 is 21.5 Å². The second kappa shape index (κ2) is 7.35. The van der Waals surface area contributed by atoms with Crippen molar-refractivity contribution in [3.63, 3.8) is 0 Å². The van der Waals surface area contributed by atoms with Crippen LogP contribution in [-0.2, 0) is 21.5 Å². The van der Waals surface area contributed by atoms with E-state index in [4.69, 9.17) is 10.5 Å². The fourth-order valence-electron chi connectivity index (χ4n) is 1.98. The van der Waals surface area contributed by atoms with Crippen LogP contribution < -0.4 is 5.73 Å². The Morgan fingerprint density at radius 3 is 2.86 bits per heavy atom. The lowest BCUT2D eigenvalue weighted by Gasteiger charge is -2.30. The normalized spacial score (nSPS) is 16.7. The van der Waals surface area contributed by atoms with E-state index in [-0.39, 0.29) is 0 Å². The summed E-state index contributed by atoms with van der Waals surface area (Å²) in [6.07, 6.45) is 0. The Morgan fingerprint density at radius 2 is 2.19 bits per heavy atom. The summed E-state index contributed by atoms with van der Waals surface area (Å²) in [7, 11) is -1.84. The lowest BCUT2D eigenvalue weighted by molar-refractivity contribution is 0.0705. The zero-order valence-electron chi connectivity index (χ0n) is 11.9. The molecule has 1 aliphatic rings. The molecule has 0 aliphatic carbocycles. The van der Waals surface area contributed by atoms with E-state index in [1.165, 1.54) is 19.9 Å². The van der Waals surface area contributed by atoms with Gasteiger partial charge in [-0.25, -0.2) is 0 Å². The summed E-state index contributed by atoms with van der Waals surface area (Å²) in [4.78, 5) is 0.896. The number of nitrogens with zero attached hydrogens (tertiary/aromatic N) is 2. The molecule has 1 aromatic rings. The summed E-state index contributed by atoms with van der Waals surface area (Å²) in [5, 5.41) is 1.92. The molecule has 1 aliphatic heterocycles. The van der Waals surface area contributed by atoms with Gasteiger partial charge in [-0.1, -0.05) is 11.8 Å². The van der Waals surface area contributed by atoms with Gasteiger partial charge < -0.3 is 10.5 Å². The molecule has 6 nitrogen and oxygen atoms in total. The first-order valence-corrected chi connectivity index (χ1v) is 8.87. The SMILES string of the molecule is CN(Cc1csc(C#CCN)c1)S(=O)(=O)N1CCOCC1. The predicted molar refractivity (Wildman–Crippen MR) is 83.0 cm³/mol. The molecule has 0 bridgehead atoms. The molecule has 2 rings (SSSR count). The molecule has 0 amide bonds. The molecule has 0 spiro atoms. The summed E-state index contributed by atoms with van der Waals surface area (Å²) < 4.78 is 32.9. The van der Waals surface area contributed by atoms with Crippen LogP contribution in [0.5, 0.6) is 0 Å². The van der Waals surface area contributed by atoms with Crippen molar-refractivity contribution in [3.8, 4) is 11.8 Å². The molecule has 1 fully saturated rings. The van der Waals surface area contributed by atoms with Crippen LogP contribution in [0, 0.1) is 11.8 Å². The molecule has 0 saturated carbocycles. The van der Waals surface area contributed by atoms with Gasteiger partial charge in [-0.2, -0.15) is 17.0 Å². The molecular formula is C13H19N3O3S2. The summed E-state index contributed by atoms with van der Waals surface area (Å²) in [6.45, 7) is 2.36. The Hall–Kier alpha value is -0.950. The number of thiophene rings is 1. The monoisotopic (exact) mass is 329 g/mol. The zero-order chi connectivity index (χ0) is 15.3. The summed E-state index contributed by atoms with van der Waals surface area (Å²) in [5.41, 5.74) is 6.26.